The van der Waals surface area contributed by atoms with Crippen LogP contribution in [0.3, 0.4) is 0 Å². The van der Waals surface area contributed by atoms with Crippen molar-refractivity contribution in [3.05, 3.63) is 111 Å². The minimum atomic E-state index is -0.503. The molecule has 0 aliphatic carbocycles. The van der Waals surface area contributed by atoms with Gasteiger partial charge in [0.15, 0.2) is 0 Å². The van der Waals surface area contributed by atoms with Gasteiger partial charge in [-0.1, -0.05) is 54.6 Å². The van der Waals surface area contributed by atoms with Crippen LogP contribution in [0.2, 0.25) is 0 Å². The first-order valence-corrected chi connectivity index (χ1v) is 9.86. The zero-order valence-corrected chi connectivity index (χ0v) is 16.7. The monoisotopic (exact) mass is 403 g/mol. The SMILES string of the molecule is Cc1cccc(C#N)c1-c1ccc2c(=O)n(-c3cccc4ccccc34)c(=O)[nH]c2c1. The van der Waals surface area contributed by atoms with Crippen molar-refractivity contribution in [3.8, 4) is 22.9 Å². The van der Waals surface area contributed by atoms with Crippen LogP contribution in [0.1, 0.15) is 11.1 Å². The van der Waals surface area contributed by atoms with Crippen LogP contribution in [-0.2, 0) is 0 Å². The maximum absolute atomic E-state index is 13.3. The summed E-state index contributed by atoms with van der Waals surface area (Å²) in [6.45, 7) is 1.93. The van der Waals surface area contributed by atoms with Crippen molar-refractivity contribution in [2.45, 2.75) is 6.92 Å². The summed E-state index contributed by atoms with van der Waals surface area (Å²) >= 11 is 0. The number of nitrogens with one attached hydrogen (secondary N) is 1. The van der Waals surface area contributed by atoms with Gasteiger partial charge in [-0.2, -0.15) is 5.26 Å². The lowest BCUT2D eigenvalue weighted by Gasteiger charge is -2.12. The maximum atomic E-state index is 13.3. The summed E-state index contributed by atoms with van der Waals surface area (Å²) < 4.78 is 1.18. The van der Waals surface area contributed by atoms with Crippen LogP contribution in [0.25, 0.3) is 38.5 Å². The van der Waals surface area contributed by atoms with Crippen molar-refractivity contribution in [1.82, 2.24) is 9.55 Å². The zero-order chi connectivity index (χ0) is 21.5. The maximum Gasteiger partial charge on any atom is 0.333 e. The summed E-state index contributed by atoms with van der Waals surface area (Å²) in [7, 11) is 0. The molecule has 5 heteroatoms. The third-order valence-corrected chi connectivity index (χ3v) is 5.59. The van der Waals surface area contributed by atoms with Gasteiger partial charge in [0, 0.05) is 10.9 Å². The zero-order valence-electron chi connectivity index (χ0n) is 16.7. The molecule has 5 aromatic rings. The lowest BCUT2D eigenvalue weighted by Crippen LogP contribution is -2.33. The molecular weight excluding hydrogens is 386 g/mol. The molecule has 0 amide bonds. The van der Waals surface area contributed by atoms with Crippen LogP contribution in [-0.4, -0.2) is 9.55 Å². The number of aromatic amines is 1. The Hall–Kier alpha value is -4.43. The first-order valence-electron chi connectivity index (χ1n) is 9.86. The Kier molecular flexibility index (Phi) is 4.27. The fourth-order valence-corrected chi connectivity index (χ4v) is 4.14. The summed E-state index contributed by atoms with van der Waals surface area (Å²) in [5.41, 5.74) is 3.17. The predicted octanol–water partition coefficient (Wildman–Crippen LogP) is 4.68. The van der Waals surface area contributed by atoms with Crippen LogP contribution in [0.4, 0.5) is 0 Å². The van der Waals surface area contributed by atoms with E-state index in [0.717, 1.165) is 27.5 Å². The molecule has 0 aliphatic heterocycles. The van der Waals surface area contributed by atoms with E-state index in [1.54, 1.807) is 24.3 Å². The van der Waals surface area contributed by atoms with Gasteiger partial charge in [0.1, 0.15) is 0 Å². The second-order valence-electron chi connectivity index (χ2n) is 7.44. The average molecular weight is 403 g/mol. The lowest BCUT2D eigenvalue weighted by molar-refractivity contribution is 0.908. The molecule has 1 heterocycles. The molecule has 1 aromatic heterocycles. The van der Waals surface area contributed by atoms with Crippen LogP contribution in [0.5, 0.6) is 0 Å². The highest BCUT2D eigenvalue weighted by atomic mass is 16.2. The number of fused-ring (bicyclic) bond motifs is 2. The number of aryl methyl sites for hydroxylation is 1. The van der Waals surface area contributed by atoms with Crippen molar-refractivity contribution in [2.75, 3.05) is 0 Å². The van der Waals surface area contributed by atoms with E-state index in [-0.39, 0.29) is 5.56 Å². The molecule has 31 heavy (non-hydrogen) atoms. The van der Waals surface area contributed by atoms with Crippen molar-refractivity contribution < 1.29 is 0 Å². The Morgan fingerprint density at radius 3 is 2.48 bits per heavy atom. The minimum absolute atomic E-state index is 0.382. The summed E-state index contributed by atoms with van der Waals surface area (Å²) in [4.78, 5) is 29.2. The normalized spacial score (nSPS) is 11.0. The van der Waals surface area contributed by atoms with Crippen LogP contribution < -0.4 is 11.2 Å². The van der Waals surface area contributed by atoms with E-state index in [0.29, 0.717) is 22.2 Å². The Labute approximate surface area is 177 Å². The molecule has 0 saturated carbocycles. The highest BCUT2D eigenvalue weighted by Crippen LogP contribution is 2.29. The average Bonchev–Trinajstić information content (AvgIpc) is 2.78. The molecule has 148 valence electrons. The molecule has 5 rings (SSSR count). The first kappa shape index (κ1) is 18.6. The van der Waals surface area contributed by atoms with Crippen molar-refractivity contribution >= 4 is 21.7 Å². The molecule has 0 saturated heterocycles. The van der Waals surface area contributed by atoms with Gasteiger partial charge < -0.3 is 4.98 Å². The van der Waals surface area contributed by atoms with Gasteiger partial charge in [-0.05, 0) is 47.7 Å². The Morgan fingerprint density at radius 1 is 0.871 bits per heavy atom. The Bertz CT molecular complexity index is 1650. The van der Waals surface area contributed by atoms with Crippen LogP contribution in [0.15, 0.2) is 88.5 Å². The number of H-pyrrole nitrogens is 1. The summed E-state index contributed by atoms with van der Waals surface area (Å²) in [5, 5.41) is 11.7. The minimum Gasteiger partial charge on any atom is -0.306 e. The van der Waals surface area contributed by atoms with E-state index in [1.165, 1.54) is 4.57 Å². The van der Waals surface area contributed by atoms with E-state index in [1.807, 2.05) is 61.5 Å². The Morgan fingerprint density at radius 2 is 1.65 bits per heavy atom. The van der Waals surface area contributed by atoms with Gasteiger partial charge >= 0.3 is 5.69 Å². The number of hydrogen-bond donors (Lipinski definition) is 1. The number of aromatic nitrogens is 2. The van der Waals surface area contributed by atoms with Gasteiger partial charge in [0.05, 0.1) is 28.2 Å². The van der Waals surface area contributed by atoms with Crippen LogP contribution >= 0.6 is 0 Å². The second kappa shape index (κ2) is 7.12. The highest BCUT2D eigenvalue weighted by Gasteiger charge is 2.14. The second-order valence-corrected chi connectivity index (χ2v) is 7.44. The molecule has 5 nitrogen and oxygen atoms in total. The predicted molar refractivity (Wildman–Crippen MR) is 123 cm³/mol. The summed E-state index contributed by atoms with van der Waals surface area (Å²) in [5.74, 6) is 0. The molecule has 1 N–H and O–H groups in total. The topological polar surface area (TPSA) is 78.7 Å². The smallest absolute Gasteiger partial charge is 0.306 e. The van der Waals surface area contributed by atoms with E-state index >= 15 is 0 Å². The number of rotatable bonds is 2. The first-order chi connectivity index (χ1) is 15.1. The van der Waals surface area contributed by atoms with Gasteiger partial charge in [-0.15, -0.1) is 0 Å². The molecule has 0 aliphatic rings. The van der Waals surface area contributed by atoms with E-state index in [9.17, 15) is 14.9 Å². The van der Waals surface area contributed by atoms with Crippen molar-refractivity contribution in [2.24, 2.45) is 0 Å². The highest BCUT2D eigenvalue weighted by molar-refractivity contribution is 5.91. The number of hydrogen-bond acceptors (Lipinski definition) is 3. The number of benzene rings is 4. The van der Waals surface area contributed by atoms with Crippen molar-refractivity contribution in [1.29, 1.82) is 5.26 Å². The number of nitrogens with zero attached hydrogens (tertiary/aromatic N) is 2. The quantitative estimate of drug-likeness (QED) is 0.465. The van der Waals surface area contributed by atoms with E-state index < -0.39 is 5.69 Å². The van der Waals surface area contributed by atoms with Gasteiger partial charge in [-0.25, -0.2) is 9.36 Å². The largest absolute Gasteiger partial charge is 0.333 e. The third-order valence-electron chi connectivity index (χ3n) is 5.59. The summed E-state index contributed by atoms with van der Waals surface area (Å²) in [6, 6.07) is 26.2. The van der Waals surface area contributed by atoms with Gasteiger partial charge in [-0.3, -0.25) is 4.79 Å². The van der Waals surface area contributed by atoms with Crippen molar-refractivity contribution in [3.63, 3.8) is 0 Å². The molecular formula is C26H17N3O2. The number of nitriles is 1. The molecule has 0 radical (unpaired) electrons. The van der Waals surface area contributed by atoms with E-state index in [4.69, 9.17) is 0 Å². The fraction of sp³-hybridized carbons (Fsp3) is 0.0385. The fourth-order valence-electron chi connectivity index (χ4n) is 4.14. The third kappa shape index (κ3) is 2.93. The van der Waals surface area contributed by atoms with E-state index in [2.05, 4.69) is 11.1 Å². The Balaban J connectivity index is 1.78. The molecule has 0 bridgehead atoms. The molecule has 0 atom stereocenters. The molecule has 0 spiro atoms. The molecule has 4 aromatic carbocycles. The van der Waals surface area contributed by atoms with Gasteiger partial charge in [0.2, 0.25) is 0 Å². The van der Waals surface area contributed by atoms with Crippen LogP contribution in [0, 0.1) is 18.3 Å². The summed E-state index contributed by atoms with van der Waals surface area (Å²) in [6.07, 6.45) is 0. The molecule has 0 fully saturated rings. The molecule has 0 unspecified atom stereocenters. The lowest BCUT2D eigenvalue weighted by atomic mass is 9.95. The standard InChI is InChI=1S/C26H17N3O2/c1-16-6-4-9-19(15-27)24(16)18-12-13-21-22(14-18)28-26(31)29(25(21)30)23-11-5-8-17-7-2-3-10-20(17)23/h2-14H,1H3,(H,28,31). The van der Waals surface area contributed by atoms with Gasteiger partial charge in [0.25, 0.3) is 5.56 Å².